The van der Waals surface area contributed by atoms with E-state index in [0.29, 0.717) is 25.6 Å². The molecule has 3 rings (SSSR count). The summed E-state index contributed by atoms with van der Waals surface area (Å²) in [6, 6.07) is 9.89. The predicted octanol–water partition coefficient (Wildman–Crippen LogP) is 2.74. The fourth-order valence-electron chi connectivity index (χ4n) is 3.21. The number of aromatic nitrogens is 1. The zero-order valence-electron chi connectivity index (χ0n) is 15.5. The Hall–Kier alpha value is -2.70. The van der Waals surface area contributed by atoms with Crippen LogP contribution < -0.4 is 15.5 Å². The van der Waals surface area contributed by atoms with E-state index < -0.39 is 11.6 Å². The molecule has 2 N–H and O–H groups in total. The minimum Gasteiger partial charge on any atom is -0.365 e. The summed E-state index contributed by atoms with van der Waals surface area (Å²) in [6.07, 6.45) is 3.32. The maximum absolute atomic E-state index is 14.0. The van der Waals surface area contributed by atoms with E-state index >= 15 is 0 Å². The monoisotopic (exact) mass is 373 g/mol. The average Bonchev–Trinajstić information content (AvgIpc) is 3.10. The molecule has 1 atom stereocenters. The Bertz CT molecular complexity index is 746. The molecular weight excluding hydrogens is 348 g/mol. The third-order valence-electron chi connectivity index (χ3n) is 4.49. The number of guanidine groups is 1. The van der Waals surface area contributed by atoms with E-state index in [4.69, 9.17) is 0 Å². The van der Waals surface area contributed by atoms with Crippen molar-refractivity contribution >= 4 is 11.6 Å². The van der Waals surface area contributed by atoms with Crippen molar-refractivity contribution in [2.45, 2.75) is 25.8 Å². The predicted molar refractivity (Wildman–Crippen MR) is 104 cm³/mol. The highest BCUT2D eigenvalue weighted by molar-refractivity contribution is 5.80. The number of aliphatic imine (C=N–C) groups is 1. The summed E-state index contributed by atoms with van der Waals surface area (Å²) in [5, 5.41) is 6.60. The standard InChI is InChI=1S/C20H25F2N5/c1-2-23-20(25-12-9-15-6-3-4-11-24-15)26-16-10-13-27(14-16)19-17(21)7-5-8-18(19)22/h3-8,11,16H,2,9-10,12-14H2,1H3,(H2,23,25,26). The summed E-state index contributed by atoms with van der Waals surface area (Å²) in [5.41, 5.74) is 1.05. The number of hydrogen-bond acceptors (Lipinski definition) is 3. The maximum Gasteiger partial charge on any atom is 0.191 e. The molecule has 0 bridgehead atoms. The van der Waals surface area contributed by atoms with Gasteiger partial charge in [-0.05, 0) is 37.6 Å². The molecule has 0 aliphatic carbocycles. The first kappa shape index (κ1) is 19.1. The Labute approximate surface area is 158 Å². The number of hydrogen-bond donors (Lipinski definition) is 2. The molecule has 2 aromatic rings. The first-order chi connectivity index (χ1) is 13.2. The van der Waals surface area contributed by atoms with Crippen molar-refractivity contribution in [1.82, 2.24) is 15.6 Å². The number of pyridine rings is 1. The molecule has 0 spiro atoms. The molecule has 0 saturated carbocycles. The lowest BCUT2D eigenvalue weighted by Crippen LogP contribution is -2.44. The molecule has 1 aromatic carbocycles. The SMILES string of the molecule is CCNC(=NCCc1ccccn1)NC1CCN(c2c(F)cccc2F)C1. The van der Waals surface area contributed by atoms with Crippen molar-refractivity contribution in [1.29, 1.82) is 0 Å². The number of benzene rings is 1. The number of anilines is 1. The van der Waals surface area contributed by atoms with E-state index in [1.807, 2.05) is 25.1 Å². The molecular formula is C20H25F2N5. The zero-order valence-corrected chi connectivity index (χ0v) is 15.5. The van der Waals surface area contributed by atoms with Gasteiger partial charge in [0.2, 0.25) is 0 Å². The van der Waals surface area contributed by atoms with Crippen LogP contribution in [0.4, 0.5) is 14.5 Å². The second-order valence-corrected chi connectivity index (χ2v) is 6.48. The zero-order chi connectivity index (χ0) is 19.1. The molecule has 1 fully saturated rings. The molecule has 1 aliphatic rings. The van der Waals surface area contributed by atoms with E-state index in [0.717, 1.165) is 25.1 Å². The first-order valence-corrected chi connectivity index (χ1v) is 9.31. The van der Waals surface area contributed by atoms with Gasteiger partial charge >= 0.3 is 0 Å². The molecule has 7 heteroatoms. The van der Waals surface area contributed by atoms with Gasteiger partial charge in [-0.1, -0.05) is 12.1 Å². The molecule has 5 nitrogen and oxygen atoms in total. The van der Waals surface area contributed by atoms with Gasteiger partial charge in [-0.3, -0.25) is 9.98 Å². The quantitative estimate of drug-likeness (QED) is 0.604. The van der Waals surface area contributed by atoms with Crippen molar-refractivity contribution in [3.63, 3.8) is 0 Å². The third-order valence-corrected chi connectivity index (χ3v) is 4.49. The lowest BCUT2D eigenvalue weighted by Gasteiger charge is -2.21. The summed E-state index contributed by atoms with van der Waals surface area (Å²) in [7, 11) is 0. The number of halogens is 2. The summed E-state index contributed by atoms with van der Waals surface area (Å²) in [5.74, 6) is -0.326. The van der Waals surface area contributed by atoms with Crippen LogP contribution >= 0.6 is 0 Å². The van der Waals surface area contributed by atoms with Gasteiger partial charge in [0.1, 0.15) is 17.3 Å². The molecule has 1 unspecified atom stereocenters. The van der Waals surface area contributed by atoms with Gasteiger partial charge in [-0.15, -0.1) is 0 Å². The number of rotatable bonds is 6. The van der Waals surface area contributed by atoms with Crippen molar-refractivity contribution in [3.05, 3.63) is 59.9 Å². The molecule has 27 heavy (non-hydrogen) atoms. The van der Waals surface area contributed by atoms with Gasteiger partial charge in [0.05, 0.1) is 0 Å². The van der Waals surface area contributed by atoms with E-state index in [1.54, 1.807) is 11.1 Å². The van der Waals surface area contributed by atoms with Gasteiger partial charge in [0.15, 0.2) is 5.96 Å². The highest BCUT2D eigenvalue weighted by Crippen LogP contribution is 2.26. The molecule has 144 valence electrons. The van der Waals surface area contributed by atoms with Crippen LogP contribution in [0.2, 0.25) is 0 Å². The van der Waals surface area contributed by atoms with Crippen molar-refractivity contribution in [2.75, 3.05) is 31.1 Å². The fraction of sp³-hybridized carbons (Fsp3) is 0.400. The summed E-state index contributed by atoms with van der Waals surface area (Å²) < 4.78 is 28.0. The molecule has 1 saturated heterocycles. The van der Waals surface area contributed by atoms with Crippen LogP contribution in [0.15, 0.2) is 47.6 Å². The molecule has 1 aromatic heterocycles. The van der Waals surface area contributed by atoms with Gasteiger partial charge in [0.25, 0.3) is 0 Å². The third kappa shape index (κ3) is 5.15. The van der Waals surface area contributed by atoms with E-state index in [1.165, 1.54) is 18.2 Å². The average molecular weight is 373 g/mol. The highest BCUT2D eigenvalue weighted by atomic mass is 19.1. The fourth-order valence-corrected chi connectivity index (χ4v) is 3.21. The van der Waals surface area contributed by atoms with Crippen LogP contribution in [-0.4, -0.2) is 43.2 Å². The lowest BCUT2D eigenvalue weighted by molar-refractivity contribution is 0.576. The molecule has 1 aliphatic heterocycles. The highest BCUT2D eigenvalue weighted by Gasteiger charge is 2.27. The Balaban J connectivity index is 1.58. The summed E-state index contributed by atoms with van der Waals surface area (Å²) in [4.78, 5) is 10.6. The van der Waals surface area contributed by atoms with Crippen LogP contribution in [0.3, 0.4) is 0 Å². The summed E-state index contributed by atoms with van der Waals surface area (Å²) >= 11 is 0. The van der Waals surface area contributed by atoms with Crippen molar-refractivity contribution in [2.24, 2.45) is 4.99 Å². The Morgan fingerprint density at radius 2 is 2.04 bits per heavy atom. The van der Waals surface area contributed by atoms with Gasteiger partial charge < -0.3 is 15.5 Å². The molecule has 2 heterocycles. The smallest absolute Gasteiger partial charge is 0.191 e. The normalized spacial score (nSPS) is 17.2. The minimum absolute atomic E-state index is 0.0545. The van der Waals surface area contributed by atoms with Crippen LogP contribution in [0.25, 0.3) is 0 Å². The second-order valence-electron chi connectivity index (χ2n) is 6.48. The molecule has 0 radical (unpaired) electrons. The topological polar surface area (TPSA) is 52.6 Å². The first-order valence-electron chi connectivity index (χ1n) is 9.31. The van der Waals surface area contributed by atoms with E-state index in [9.17, 15) is 8.78 Å². The minimum atomic E-state index is -0.522. The lowest BCUT2D eigenvalue weighted by atomic mass is 10.2. The Morgan fingerprint density at radius 3 is 2.74 bits per heavy atom. The van der Waals surface area contributed by atoms with Crippen molar-refractivity contribution in [3.8, 4) is 0 Å². The largest absolute Gasteiger partial charge is 0.365 e. The number of nitrogens with zero attached hydrogens (tertiary/aromatic N) is 3. The van der Waals surface area contributed by atoms with E-state index in [2.05, 4.69) is 20.6 Å². The van der Waals surface area contributed by atoms with Crippen molar-refractivity contribution < 1.29 is 8.78 Å². The van der Waals surface area contributed by atoms with E-state index in [-0.39, 0.29) is 11.7 Å². The molecule has 0 amide bonds. The van der Waals surface area contributed by atoms with Crippen LogP contribution in [0, 0.1) is 11.6 Å². The van der Waals surface area contributed by atoms with Crippen LogP contribution in [0.5, 0.6) is 0 Å². The van der Waals surface area contributed by atoms with Crippen LogP contribution in [0.1, 0.15) is 19.0 Å². The maximum atomic E-state index is 14.0. The second kappa shape index (κ2) is 9.30. The number of nitrogens with one attached hydrogen (secondary N) is 2. The summed E-state index contributed by atoms with van der Waals surface area (Å²) in [6.45, 7) is 4.50. The van der Waals surface area contributed by atoms with Gasteiger partial charge in [-0.2, -0.15) is 0 Å². The Morgan fingerprint density at radius 1 is 1.22 bits per heavy atom. The van der Waals surface area contributed by atoms with Crippen LogP contribution in [-0.2, 0) is 6.42 Å². The van der Waals surface area contributed by atoms with Gasteiger partial charge in [0, 0.05) is 50.5 Å². The van der Waals surface area contributed by atoms with Gasteiger partial charge in [-0.25, -0.2) is 8.78 Å². The number of para-hydroxylation sites is 1. The Kier molecular flexibility index (Phi) is 6.57.